The van der Waals surface area contributed by atoms with Crippen LogP contribution in [-0.4, -0.2) is 56.3 Å². The highest BCUT2D eigenvalue weighted by molar-refractivity contribution is 5.93. The van der Waals surface area contributed by atoms with Crippen molar-refractivity contribution in [2.75, 3.05) is 38.7 Å². The van der Waals surface area contributed by atoms with Crippen molar-refractivity contribution in [3.8, 4) is 11.5 Å². The number of hydrogen-bond acceptors (Lipinski definition) is 6. The van der Waals surface area contributed by atoms with E-state index in [4.69, 9.17) is 9.47 Å². The first-order chi connectivity index (χ1) is 15.1. The third-order valence-corrected chi connectivity index (χ3v) is 4.85. The normalized spacial score (nSPS) is 14.2. The number of nitrogens with one attached hydrogen (secondary N) is 2. The molecule has 0 unspecified atom stereocenters. The maximum Gasteiger partial charge on any atom is 0.262 e. The van der Waals surface area contributed by atoms with Crippen LogP contribution in [0.4, 0.5) is 5.69 Å². The fourth-order valence-corrected chi connectivity index (χ4v) is 3.27. The molecule has 1 fully saturated rings. The number of amides is 2. The standard InChI is InChI=1S/C23H28N4O4/c1-30-21-8-4-3-7-20(21)25-23(29)17-31-19-11-9-18(10-12-19)15-24-26-22(28)16-27-13-5-2-6-14-27/h3-4,7-12,15H,2,5-6,13-14,16-17H2,1H3,(H,25,29)(H,26,28)/b24-15+. The Morgan fingerprint density at radius 2 is 1.77 bits per heavy atom. The molecular formula is C23H28N4O4. The summed E-state index contributed by atoms with van der Waals surface area (Å²) in [4.78, 5) is 26.2. The van der Waals surface area contributed by atoms with Crippen LogP contribution in [0.1, 0.15) is 24.8 Å². The number of benzene rings is 2. The number of ether oxygens (including phenoxy) is 2. The lowest BCUT2D eigenvalue weighted by molar-refractivity contribution is -0.122. The van der Waals surface area contributed by atoms with Crippen LogP contribution in [-0.2, 0) is 9.59 Å². The van der Waals surface area contributed by atoms with Gasteiger partial charge in [-0.3, -0.25) is 14.5 Å². The number of rotatable bonds is 9. The van der Waals surface area contributed by atoms with Gasteiger partial charge in [-0.25, -0.2) is 5.43 Å². The molecule has 1 aliphatic heterocycles. The maximum absolute atomic E-state index is 12.1. The van der Waals surface area contributed by atoms with Crippen molar-refractivity contribution >= 4 is 23.7 Å². The highest BCUT2D eigenvalue weighted by atomic mass is 16.5. The Hall–Kier alpha value is -3.39. The molecule has 8 nitrogen and oxygen atoms in total. The summed E-state index contributed by atoms with van der Waals surface area (Å²) in [6, 6.07) is 14.3. The Labute approximate surface area is 182 Å². The van der Waals surface area contributed by atoms with Crippen molar-refractivity contribution in [2.45, 2.75) is 19.3 Å². The number of likely N-dealkylation sites (tertiary alicyclic amines) is 1. The zero-order chi connectivity index (χ0) is 21.9. The number of hydrogen-bond donors (Lipinski definition) is 2. The summed E-state index contributed by atoms with van der Waals surface area (Å²) in [5, 5.41) is 6.76. The average Bonchev–Trinajstić information content (AvgIpc) is 2.79. The second kappa shape index (κ2) is 11.7. The van der Waals surface area contributed by atoms with Crippen molar-refractivity contribution in [3.05, 3.63) is 54.1 Å². The molecule has 1 heterocycles. The van der Waals surface area contributed by atoms with Crippen LogP contribution < -0.4 is 20.2 Å². The van der Waals surface area contributed by atoms with Crippen LogP contribution in [0, 0.1) is 0 Å². The lowest BCUT2D eigenvalue weighted by Crippen LogP contribution is -2.38. The molecule has 0 bridgehead atoms. The monoisotopic (exact) mass is 424 g/mol. The summed E-state index contributed by atoms with van der Waals surface area (Å²) in [6.07, 6.45) is 5.11. The predicted molar refractivity (Wildman–Crippen MR) is 120 cm³/mol. The number of anilines is 1. The Morgan fingerprint density at radius 3 is 2.52 bits per heavy atom. The molecule has 0 aromatic heterocycles. The first kappa shape index (κ1) is 22.3. The quantitative estimate of drug-likeness (QED) is 0.477. The van der Waals surface area contributed by atoms with Crippen LogP contribution in [0.3, 0.4) is 0 Å². The predicted octanol–water partition coefficient (Wildman–Crippen LogP) is 2.65. The molecule has 1 aliphatic rings. The first-order valence-electron chi connectivity index (χ1n) is 10.3. The second-order valence-corrected chi connectivity index (χ2v) is 7.24. The summed E-state index contributed by atoms with van der Waals surface area (Å²) in [7, 11) is 1.55. The topological polar surface area (TPSA) is 92.3 Å². The first-order valence-corrected chi connectivity index (χ1v) is 10.3. The van der Waals surface area contributed by atoms with Gasteiger partial charge >= 0.3 is 0 Å². The smallest absolute Gasteiger partial charge is 0.262 e. The van der Waals surface area contributed by atoms with Crippen molar-refractivity contribution in [3.63, 3.8) is 0 Å². The third kappa shape index (κ3) is 7.42. The summed E-state index contributed by atoms with van der Waals surface area (Å²) < 4.78 is 10.7. The van der Waals surface area contributed by atoms with E-state index in [1.54, 1.807) is 49.7 Å². The van der Waals surface area contributed by atoms with E-state index in [0.717, 1.165) is 31.5 Å². The molecular weight excluding hydrogens is 396 g/mol. The van der Waals surface area contributed by atoms with Gasteiger partial charge in [0.25, 0.3) is 11.8 Å². The van der Waals surface area contributed by atoms with E-state index < -0.39 is 0 Å². The number of nitrogens with zero attached hydrogens (tertiary/aromatic N) is 2. The third-order valence-electron chi connectivity index (χ3n) is 4.85. The fraction of sp³-hybridized carbons (Fsp3) is 0.348. The minimum Gasteiger partial charge on any atom is -0.495 e. The highest BCUT2D eigenvalue weighted by Crippen LogP contribution is 2.22. The fourth-order valence-electron chi connectivity index (χ4n) is 3.27. The molecule has 164 valence electrons. The molecule has 0 atom stereocenters. The molecule has 2 aromatic carbocycles. The van der Waals surface area contributed by atoms with Crippen LogP contribution in [0.25, 0.3) is 0 Å². The average molecular weight is 425 g/mol. The largest absolute Gasteiger partial charge is 0.495 e. The van der Waals surface area contributed by atoms with E-state index in [9.17, 15) is 9.59 Å². The molecule has 0 radical (unpaired) electrons. The lowest BCUT2D eigenvalue weighted by atomic mass is 10.1. The molecule has 0 spiro atoms. The van der Waals surface area contributed by atoms with E-state index in [-0.39, 0.29) is 18.4 Å². The molecule has 1 saturated heterocycles. The number of methoxy groups -OCH3 is 1. The summed E-state index contributed by atoms with van der Waals surface area (Å²) >= 11 is 0. The van der Waals surface area contributed by atoms with Crippen LogP contribution >= 0.6 is 0 Å². The Balaban J connectivity index is 1.40. The van der Waals surface area contributed by atoms with Crippen LogP contribution in [0.5, 0.6) is 11.5 Å². The Kier molecular flexibility index (Phi) is 8.42. The van der Waals surface area contributed by atoms with Gasteiger partial charge in [0.1, 0.15) is 11.5 Å². The zero-order valence-corrected chi connectivity index (χ0v) is 17.7. The van der Waals surface area contributed by atoms with Crippen molar-refractivity contribution in [2.24, 2.45) is 5.10 Å². The molecule has 8 heteroatoms. The van der Waals surface area contributed by atoms with E-state index in [1.807, 2.05) is 12.1 Å². The minimum absolute atomic E-state index is 0.112. The van der Waals surface area contributed by atoms with E-state index in [0.29, 0.717) is 23.7 Å². The summed E-state index contributed by atoms with van der Waals surface area (Å²) in [6.45, 7) is 2.18. The molecule has 2 N–H and O–H groups in total. The van der Waals surface area contributed by atoms with Gasteiger partial charge in [0.05, 0.1) is 25.6 Å². The van der Waals surface area contributed by atoms with Crippen molar-refractivity contribution < 1.29 is 19.1 Å². The van der Waals surface area contributed by atoms with Gasteiger partial charge in [-0.1, -0.05) is 18.6 Å². The number of piperidine rings is 1. The van der Waals surface area contributed by atoms with Gasteiger partial charge in [0.15, 0.2) is 6.61 Å². The molecule has 2 amide bonds. The van der Waals surface area contributed by atoms with Gasteiger partial charge in [-0.15, -0.1) is 0 Å². The van der Waals surface area contributed by atoms with Crippen LogP contribution in [0.15, 0.2) is 53.6 Å². The van der Waals surface area contributed by atoms with Gasteiger partial charge in [0.2, 0.25) is 0 Å². The highest BCUT2D eigenvalue weighted by Gasteiger charge is 2.13. The van der Waals surface area contributed by atoms with Crippen molar-refractivity contribution in [1.82, 2.24) is 10.3 Å². The molecule has 2 aromatic rings. The summed E-state index contributed by atoms with van der Waals surface area (Å²) in [5.74, 6) is 0.745. The number of carbonyl (C=O) groups is 2. The lowest BCUT2D eigenvalue weighted by Gasteiger charge is -2.25. The Bertz CT molecular complexity index is 893. The van der Waals surface area contributed by atoms with E-state index in [2.05, 4.69) is 20.7 Å². The second-order valence-electron chi connectivity index (χ2n) is 7.24. The van der Waals surface area contributed by atoms with E-state index >= 15 is 0 Å². The van der Waals surface area contributed by atoms with Crippen LogP contribution in [0.2, 0.25) is 0 Å². The number of carbonyl (C=O) groups excluding carboxylic acids is 2. The minimum atomic E-state index is -0.286. The number of hydrazone groups is 1. The number of para-hydroxylation sites is 2. The molecule has 31 heavy (non-hydrogen) atoms. The Morgan fingerprint density at radius 1 is 1.03 bits per heavy atom. The van der Waals surface area contributed by atoms with Crippen molar-refractivity contribution in [1.29, 1.82) is 0 Å². The molecule has 0 aliphatic carbocycles. The van der Waals surface area contributed by atoms with Gasteiger partial charge in [-0.2, -0.15) is 5.10 Å². The van der Waals surface area contributed by atoms with Gasteiger partial charge in [-0.05, 0) is 67.9 Å². The summed E-state index contributed by atoms with van der Waals surface area (Å²) in [5.41, 5.74) is 3.96. The molecule has 3 rings (SSSR count). The van der Waals surface area contributed by atoms with Gasteiger partial charge in [0, 0.05) is 0 Å². The van der Waals surface area contributed by atoms with E-state index in [1.165, 1.54) is 6.42 Å². The van der Waals surface area contributed by atoms with Gasteiger partial charge < -0.3 is 14.8 Å². The SMILES string of the molecule is COc1ccccc1NC(=O)COc1ccc(/C=N/NC(=O)CN2CCCCC2)cc1. The zero-order valence-electron chi connectivity index (χ0n) is 17.7. The molecule has 0 saturated carbocycles. The maximum atomic E-state index is 12.1.